The van der Waals surface area contributed by atoms with E-state index in [4.69, 9.17) is 4.74 Å². The predicted octanol–water partition coefficient (Wildman–Crippen LogP) is 7.63. The van der Waals surface area contributed by atoms with E-state index < -0.39 is 29.5 Å². The lowest BCUT2D eigenvalue weighted by molar-refractivity contribution is -0.143. The van der Waals surface area contributed by atoms with Crippen molar-refractivity contribution in [2.24, 2.45) is 11.8 Å². The lowest BCUT2D eigenvalue weighted by Gasteiger charge is -2.51. The summed E-state index contributed by atoms with van der Waals surface area (Å²) in [4.78, 5) is 6.88. The van der Waals surface area contributed by atoms with Gasteiger partial charge >= 0.3 is 12.4 Å². The molecule has 0 aliphatic carbocycles. The monoisotopic (exact) mass is 713 g/mol. The normalized spacial score (nSPS) is 23.0. The van der Waals surface area contributed by atoms with Gasteiger partial charge < -0.3 is 4.74 Å². The smallest absolute Gasteiger partial charge is 0.416 e. The number of nitrogens with zero attached hydrogens (tertiary/aromatic N) is 5. The molecule has 5 atom stereocenters. The minimum absolute atomic E-state index is 0.0573. The van der Waals surface area contributed by atoms with Crippen molar-refractivity contribution < 1.29 is 31.1 Å². The molecule has 0 amide bonds. The summed E-state index contributed by atoms with van der Waals surface area (Å²) in [6.07, 6.45) is -4.47. The van der Waals surface area contributed by atoms with Gasteiger partial charge in [0.1, 0.15) is 15.1 Å². The van der Waals surface area contributed by atoms with Crippen LogP contribution in [0.5, 0.6) is 5.75 Å². The first kappa shape index (κ1) is 29.9. The van der Waals surface area contributed by atoms with E-state index in [1.54, 1.807) is 24.1 Å². The molecule has 0 N–H and O–H groups in total. The molecule has 3 aliphatic rings. The van der Waals surface area contributed by atoms with E-state index in [9.17, 15) is 26.3 Å². The fraction of sp³-hybridized carbons (Fsp3) is 0.367. The molecule has 43 heavy (non-hydrogen) atoms. The summed E-state index contributed by atoms with van der Waals surface area (Å²) in [5, 5.41) is 9.38. The molecule has 0 spiro atoms. The minimum atomic E-state index is -4.98. The molecule has 0 saturated carbocycles. The lowest BCUT2D eigenvalue weighted by Crippen LogP contribution is -2.56. The molecule has 2 unspecified atom stereocenters. The van der Waals surface area contributed by atoms with E-state index in [1.165, 1.54) is 0 Å². The fourth-order valence-corrected chi connectivity index (χ4v) is 7.28. The second kappa shape index (κ2) is 11.1. The third-order valence-electron chi connectivity index (χ3n) is 8.58. The number of hydrogen-bond donors (Lipinski definition) is 0. The third-order valence-corrected chi connectivity index (χ3v) is 9.59. The molecule has 2 aromatic carbocycles. The van der Waals surface area contributed by atoms with Gasteiger partial charge in [0.05, 0.1) is 29.8 Å². The first-order chi connectivity index (χ1) is 20.4. The van der Waals surface area contributed by atoms with Gasteiger partial charge in [-0.3, -0.25) is 9.88 Å². The highest BCUT2D eigenvalue weighted by Gasteiger charge is 2.45. The SMILES string of the molecule is C=C[C@H]1CN2CC[C@@H]1C[C@@H]2C(c1ccnc2ccc(OC)cc12)n1nnc(-c2cc(C(F)(F)F)cc(C(F)(F)F)c2)c1I. The molecule has 2 bridgehead atoms. The number of methoxy groups -OCH3 is 1. The van der Waals surface area contributed by atoms with Crippen LogP contribution in [0.25, 0.3) is 22.2 Å². The average molecular weight is 713 g/mol. The Morgan fingerprint density at radius 2 is 1.77 bits per heavy atom. The van der Waals surface area contributed by atoms with Crippen molar-refractivity contribution >= 4 is 33.5 Å². The van der Waals surface area contributed by atoms with E-state index in [2.05, 4.69) is 26.8 Å². The molecule has 13 heteroatoms. The van der Waals surface area contributed by atoms with E-state index in [0.29, 0.717) is 38.9 Å². The van der Waals surface area contributed by atoms with Crippen molar-refractivity contribution in [2.75, 3.05) is 20.2 Å². The maximum Gasteiger partial charge on any atom is 0.416 e. The number of hydrogen-bond acceptors (Lipinski definition) is 5. The van der Waals surface area contributed by atoms with Crippen LogP contribution in [0.2, 0.25) is 0 Å². The van der Waals surface area contributed by atoms with E-state index >= 15 is 0 Å². The molecule has 2 aromatic heterocycles. The largest absolute Gasteiger partial charge is 0.497 e. The van der Waals surface area contributed by atoms with E-state index in [0.717, 1.165) is 36.9 Å². The summed E-state index contributed by atoms with van der Waals surface area (Å²) >= 11 is 1.92. The Morgan fingerprint density at radius 1 is 1.05 bits per heavy atom. The molecule has 6 nitrogen and oxygen atoms in total. The van der Waals surface area contributed by atoms with Crippen LogP contribution in [0.1, 0.15) is 35.6 Å². The molecule has 226 valence electrons. The highest BCUT2D eigenvalue weighted by molar-refractivity contribution is 14.1. The molecule has 4 aromatic rings. The van der Waals surface area contributed by atoms with Crippen LogP contribution in [0.3, 0.4) is 0 Å². The van der Waals surface area contributed by atoms with Crippen LogP contribution >= 0.6 is 22.6 Å². The van der Waals surface area contributed by atoms with Crippen LogP contribution in [0.15, 0.2) is 61.3 Å². The average Bonchev–Trinajstić information content (AvgIpc) is 3.36. The fourth-order valence-electron chi connectivity index (χ4n) is 6.47. The standard InChI is InChI=1S/C30H26F6IN5O/c1-3-16-15-41-9-7-17(16)12-25(41)27(22-6-8-38-24-5-4-21(43-2)14-23(22)24)42-28(37)26(39-40-42)18-10-19(29(31,32)33)13-20(11-18)30(34,35)36/h3-6,8,10-11,13-14,16-17,25,27H,1,7,9,12,15H2,2H3/t16-,17+,25+,27?/m0/s1. The zero-order chi connectivity index (χ0) is 30.7. The summed E-state index contributed by atoms with van der Waals surface area (Å²) in [6, 6.07) is 8.36. The molecule has 3 fully saturated rings. The number of ether oxygens (including phenoxy) is 1. The van der Waals surface area contributed by atoms with Crippen molar-refractivity contribution in [3.8, 4) is 17.0 Å². The van der Waals surface area contributed by atoms with Gasteiger partial charge in [-0.25, -0.2) is 4.68 Å². The van der Waals surface area contributed by atoms with Gasteiger partial charge in [-0.05, 0) is 102 Å². The van der Waals surface area contributed by atoms with Gasteiger partial charge in [-0.15, -0.1) is 11.7 Å². The number of halogens is 7. The van der Waals surface area contributed by atoms with Gasteiger partial charge in [0.2, 0.25) is 0 Å². The second-order valence-corrected chi connectivity index (χ2v) is 12.0. The van der Waals surface area contributed by atoms with Crippen LogP contribution in [-0.2, 0) is 12.4 Å². The zero-order valence-corrected chi connectivity index (χ0v) is 25.0. The Balaban J connectivity index is 1.53. The van der Waals surface area contributed by atoms with Gasteiger partial charge in [0.15, 0.2) is 0 Å². The lowest BCUT2D eigenvalue weighted by atomic mass is 9.73. The summed E-state index contributed by atoms with van der Waals surface area (Å²) in [7, 11) is 1.56. The van der Waals surface area contributed by atoms with Gasteiger partial charge in [0.25, 0.3) is 0 Å². The van der Waals surface area contributed by atoms with Crippen LogP contribution in [0.4, 0.5) is 26.3 Å². The molecule has 3 aliphatic heterocycles. The summed E-state index contributed by atoms with van der Waals surface area (Å²) in [5.41, 5.74) is -1.61. The number of benzene rings is 2. The van der Waals surface area contributed by atoms with Gasteiger partial charge in [0, 0.05) is 29.7 Å². The summed E-state index contributed by atoms with van der Waals surface area (Å²) < 4.78 is 89.4. The Morgan fingerprint density at radius 3 is 2.37 bits per heavy atom. The quantitative estimate of drug-likeness (QED) is 0.117. The Hall–Kier alpha value is -3.20. The minimum Gasteiger partial charge on any atom is -0.497 e. The molecule has 3 saturated heterocycles. The maximum absolute atomic E-state index is 13.7. The van der Waals surface area contributed by atoms with Crippen LogP contribution < -0.4 is 4.74 Å². The van der Waals surface area contributed by atoms with E-state index in [-0.39, 0.29) is 23.4 Å². The molecule has 5 heterocycles. The van der Waals surface area contributed by atoms with Gasteiger partial charge in [-0.2, -0.15) is 26.3 Å². The molecular formula is C30H26F6IN5O. The first-order valence-electron chi connectivity index (χ1n) is 13.6. The summed E-state index contributed by atoms with van der Waals surface area (Å²) in [6.45, 7) is 5.66. The van der Waals surface area contributed by atoms with Crippen molar-refractivity contribution in [2.45, 2.75) is 37.3 Å². The topological polar surface area (TPSA) is 56.1 Å². The Labute approximate surface area is 256 Å². The zero-order valence-electron chi connectivity index (χ0n) is 22.8. The highest BCUT2D eigenvalue weighted by Crippen LogP contribution is 2.45. The first-order valence-corrected chi connectivity index (χ1v) is 14.7. The molecular weight excluding hydrogens is 687 g/mol. The number of aromatic nitrogens is 4. The Bertz CT molecular complexity index is 1650. The van der Waals surface area contributed by atoms with Crippen molar-refractivity contribution in [3.05, 3.63) is 81.7 Å². The molecule has 0 radical (unpaired) electrons. The second-order valence-electron chi connectivity index (χ2n) is 10.9. The third kappa shape index (κ3) is 5.49. The molecule has 7 rings (SSSR count). The van der Waals surface area contributed by atoms with Crippen molar-refractivity contribution in [1.82, 2.24) is 24.9 Å². The van der Waals surface area contributed by atoms with Crippen molar-refractivity contribution in [3.63, 3.8) is 0 Å². The number of alkyl halides is 6. The maximum atomic E-state index is 13.7. The Kier molecular flexibility index (Phi) is 7.68. The highest BCUT2D eigenvalue weighted by atomic mass is 127. The number of piperidine rings is 3. The van der Waals surface area contributed by atoms with Crippen LogP contribution in [-0.4, -0.2) is 51.1 Å². The summed E-state index contributed by atoms with van der Waals surface area (Å²) in [5.74, 6) is 1.34. The number of fused-ring (bicyclic) bond motifs is 4. The number of pyridine rings is 1. The van der Waals surface area contributed by atoms with Gasteiger partial charge in [-0.1, -0.05) is 11.3 Å². The van der Waals surface area contributed by atoms with Crippen LogP contribution in [0, 0.1) is 15.5 Å². The number of rotatable bonds is 6. The van der Waals surface area contributed by atoms with E-state index in [1.807, 2.05) is 46.9 Å². The van der Waals surface area contributed by atoms with Crippen molar-refractivity contribution in [1.29, 1.82) is 0 Å². The predicted molar refractivity (Wildman–Crippen MR) is 156 cm³/mol.